The topological polar surface area (TPSA) is 106 Å². The molecule has 0 unspecified atom stereocenters. The summed E-state index contributed by atoms with van der Waals surface area (Å²) in [5.41, 5.74) is 0.835. The lowest BCUT2D eigenvalue weighted by atomic mass is 10.0. The highest BCUT2D eigenvalue weighted by atomic mass is 35.5. The molecule has 3 aliphatic rings. The van der Waals surface area contributed by atoms with Crippen molar-refractivity contribution >= 4 is 40.2 Å². The monoisotopic (exact) mass is 591 g/mol. The fourth-order valence-electron chi connectivity index (χ4n) is 5.96. The van der Waals surface area contributed by atoms with E-state index in [2.05, 4.69) is 25.6 Å². The van der Waals surface area contributed by atoms with Crippen molar-refractivity contribution < 1.29 is 22.7 Å². The third-order valence-electron chi connectivity index (χ3n) is 7.99. The number of halogens is 4. The van der Waals surface area contributed by atoms with E-state index in [0.29, 0.717) is 68.2 Å². The summed E-state index contributed by atoms with van der Waals surface area (Å²) < 4.78 is 47.6. The van der Waals surface area contributed by atoms with Gasteiger partial charge in [0.15, 0.2) is 5.82 Å². The summed E-state index contributed by atoms with van der Waals surface area (Å²) in [5.74, 6) is 0.925. The van der Waals surface area contributed by atoms with E-state index in [1.807, 2.05) is 13.0 Å². The van der Waals surface area contributed by atoms with Crippen LogP contribution in [-0.4, -0.2) is 64.5 Å². The molecule has 3 aliphatic heterocycles. The molecular formula is C27H29ClF3N7O3. The largest absolute Gasteiger partial charge is 0.416 e. The van der Waals surface area contributed by atoms with Crippen molar-refractivity contribution in [3.63, 3.8) is 0 Å². The van der Waals surface area contributed by atoms with Crippen molar-refractivity contribution in [1.29, 1.82) is 0 Å². The van der Waals surface area contributed by atoms with Gasteiger partial charge >= 0.3 is 6.18 Å². The lowest BCUT2D eigenvalue weighted by molar-refractivity contribution is -0.137. The van der Waals surface area contributed by atoms with Gasteiger partial charge in [-0.2, -0.15) is 22.7 Å². The fourth-order valence-corrected chi connectivity index (χ4v) is 6.19. The number of alkyl halides is 3. The quantitative estimate of drug-likeness (QED) is 0.453. The Morgan fingerprint density at radius 3 is 2.63 bits per heavy atom. The summed E-state index contributed by atoms with van der Waals surface area (Å²) in [6.07, 6.45) is -1.65. The molecule has 1 aromatic carbocycles. The van der Waals surface area contributed by atoms with E-state index in [1.54, 1.807) is 4.57 Å². The van der Waals surface area contributed by atoms with Crippen LogP contribution in [0.3, 0.4) is 0 Å². The van der Waals surface area contributed by atoms with E-state index in [1.165, 1.54) is 4.52 Å². The van der Waals surface area contributed by atoms with Gasteiger partial charge in [-0.05, 0) is 48.4 Å². The zero-order valence-corrected chi connectivity index (χ0v) is 23.1. The van der Waals surface area contributed by atoms with E-state index in [4.69, 9.17) is 16.3 Å². The number of hydrogen-bond acceptors (Lipinski definition) is 7. The van der Waals surface area contributed by atoms with Gasteiger partial charge < -0.3 is 24.8 Å². The van der Waals surface area contributed by atoms with E-state index in [9.17, 15) is 22.8 Å². The molecule has 2 fully saturated rings. The average molecular weight is 592 g/mol. The Hall–Kier alpha value is -3.42. The van der Waals surface area contributed by atoms with E-state index in [-0.39, 0.29) is 28.6 Å². The van der Waals surface area contributed by atoms with Gasteiger partial charge in [-0.3, -0.25) is 9.59 Å². The summed E-state index contributed by atoms with van der Waals surface area (Å²) in [7, 11) is 0. The molecule has 2 atom stereocenters. The molecule has 2 N–H and O–H groups in total. The number of fused-ring (bicyclic) bond motifs is 2. The van der Waals surface area contributed by atoms with Gasteiger partial charge in [-0.1, -0.05) is 24.6 Å². The first-order valence-electron chi connectivity index (χ1n) is 13.6. The molecule has 218 valence electrons. The number of aromatic nitrogens is 4. The Morgan fingerprint density at radius 2 is 2.00 bits per heavy atom. The van der Waals surface area contributed by atoms with Crippen LogP contribution in [-0.2, 0) is 28.7 Å². The Kier molecular flexibility index (Phi) is 7.28. The number of carbonyl (C=O) groups is 1. The van der Waals surface area contributed by atoms with Gasteiger partial charge in [0.05, 0.1) is 35.2 Å². The zero-order chi connectivity index (χ0) is 28.9. The molecule has 3 aromatic rings. The van der Waals surface area contributed by atoms with Crippen molar-refractivity contribution in [2.75, 3.05) is 49.6 Å². The van der Waals surface area contributed by atoms with Crippen LogP contribution in [0.15, 0.2) is 29.1 Å². The van der Waals surface area contributed by atoms with Gasteiger partial charge in [0.1, 0.15) is 12.2 Å². The lowest BCUT2D eigenvalue weighted by Gasteiger charge is -2.25. The Morgan fingerprint density at radius 1 is 1.24 bits per heavy atom. The summed E-state index contributed by atoms with van der Waals surface area (Å²) in [6, 6.07) is 2.76. The van der Waals surface area contributed by atoms with Crippen molar-refractivity contribution in [1.82, 2.24) is 24.5 Å². The standard InChI is InChI=1S/C27H29ClF3N7O3/c1-2-21-23(36-12-16-10-32-11-17(16)13-36)25(40)38-26(34-24(35-38)15-5-7-41-8-6-15)37(21)14-22(39)33-20-4-3-18(9-19(20)28)27(29,30)31/h3-5,9,16-17,32H,2,6-8,10-14H2,1H3,(H,33,39)/t16-,17+. The number of carbonyl (C=O) groups excluding carboxylic acids is 1. The highest BCUT2D eigenvalue weighted by molar-refractivity contribution is 6.33. The summed E-state index contributed by atoms with van der Waals surface area (Å²) >= 11 is 6.09. The lowest BCUT2D eigenvalue weighted by Crippen LogP contribution is -2.36. The van der Waals surface area contributed by atoms with Gasteiger partial charge in [-0.15, -0.1) is 5.10 Å². The number of nitrogens with one attached hydrogen (secondary N) is 2. The highest BCUT2D eigenvalue weighted by Gasteiger charge is 2.39. The normalized spacial score (nSPS) is 20.9. The fraction of sp³-hybridized carbons (Fsp3) is 0.481. The van der Waals surface area contributed by atoms with Gasteiger partial charge in [0, 0.05) is 26.2 Å². The van der Waals surface area contributed by atoms with Gasteiger partial charge in [0.25, 0.3) is 5.56 Å². The second-order valence-electron chi connectivity index (χ2n) is 10.6. The predicted molar refractivity (Wildman–Crippen MR) is 147 cm³/mol. The third kappa shape index (κ3) is 5.22. The molecule has 0 aliphatic carbocycles. The molecule has 6 rings (SSSR count). The van der Waals surface area contributed by atoms with E-state index in [0.717, 1.165) is 36.9 Å². The molecule has 10 nitrogen and oxygen atoms in total. The number of benzene rings is 1. The van der Waals surface area contributed by atoms with E-state index < -0.39 is 17.6 Å². The summed E-state index contributed by atoms with van der Waals surface area (Å²) in [4.78, 5) is 34.0. The second kappa shape index (κ2) is 10.8. The molecule has 0 saturated carbocycles. The maximum atomic E-state index is 13.9. The minimum absolute atomic E-state index is 0.0504. The van der Waals surface area contributed by atoms with Gasteiger partial charge in [-0.25, -0.2) is 0 Å². The molecule has 5 heterocycles. The van der Waals surface area contributed by atoms with Crippen LogP contribution < -0.4 is 21.1 Å². The molecule has 2 saturated heterocycles. The maximum Gasteiger partial charge on any atom is 0.416 e. The molecule has 41 heavy (non-hydrogen) atoms. The van der Waals surface area contributed by atoms with E-state index >= 15 is 0 Å². The predicted octanol–water partition coefficient (Wildman–Crippen LogP) is 3.22. The summed E-state index contributed by atoms with van der Waals surface area (Å²) in [5, 5.41) is 10.4. The highest BCUT2D eigenvalue weighted by Crippen LogP contribution is 2.34. The van der Waals surface area contributed by atoms with Crippen molar-refractivity contribution in [3.8, 4) is 0 Å². The molecular weight excluding hydrogens is 563 g/mol. The molecule has 14 heteroatoms. The SMILES string of the molecule is CCc1c(N2C[C@H]3CNC[C@H]3C2)c(=O)n2nc(C3=CCOCC3)nc2n1CC(=O)Nc1ccc(C(F)(F)F)cc1Cl. The van der Waals surface area contributed by atoms with Crippen LogP contribution in [0.5, 0.6) is 0 Å². The average Bonchev–Trinajstić information content (AvgIpc) is 3.67. The molecule has 0 radical (unpaired) electrons. The van der Waals surface area contributed by atoms with Crippen LogP contribution in [0, 0.1) is 11.8 Å². The number of rotatable bonds is 6. The van der Waals surface area contributed by atoms with Crippen LogP contribution >= 0.6 is 11.6 Å². The number of hydrogen-bond donors (Lipinski definition) is 2. The minimum Gasteiger partial charge on any atom is -0.377 e. The first-order valence-corrected chi connectivity index (χ1v) is 13.9. The Balaban J connectivity index is 1.40. The molecule has 0 bridgehead atoms. The first-order chi connectivity index (χ1) is 19.6. The Bertz CT molecular complexity index is 1590. The third-order valence-corrected chi connectivity index (χ3v) is 8.30. The van der Waals surface area contributed by atoms with Crippen LogP contribution in [0.4, 0.5) is 24.5 Å². The van der Waals surface area contributed by atoms with Crippen molar-refractivity contribution in [3.05, 3.63) is 56.7 Å². The number of anilines is 2. The minimum atomic E-state index is -4.56. The zero-order valence-electron chi connectivity index (χ0n) is 22.3. The molecule has 2 aromatic heterocycles. The summed E-state index contributed by atoms with van der Waals surface area (Å²) in [6.45, 7) is 5.79. The van der Waals surface area contributed by atoms with Crippen LogP contribution in [0.2, 0.25) is 5.02 Å². The smallest absolute Gasteiger partial charge is 0.377 e. The van der Waals surface area contributed by atoms with Crippen molar-refractivity contribution in [2.45, 2.75) is 32.5 Å². The Labute approximate surface area is 238 Å². The maximum absolute atomic E-state index is 13.9. The number of amides is 1. The number of nitrogens with zero attached hydrogens (tertiary/aromatic N) is 5. The first kappa shape index (κ1) is 27.7. The van der Waals surface area contributed by atoms with Crippen molar-refractivity contribution in [2.24, 2.45) is 11.8 Å². The second-order valence-corrected chi connectivity index (χ2v) is 11.0. The molecule has 1 amide bonds. The van der Waals surface area contributed by atoms with Gasteiger partial charge in [0.2, 0.25) is 11.7 Å². The molecule has 0 spiro atoms. The van der Waals surface area contributed by atoms with Crippen LogP contribution in [0.25, 0.3) is 11.4 Å². The number of ether oxygens (including phenoxy) is 1. The van der Waals surface area contributed by atoms with Crippen LogP contribution in [0.1, 0.15) is 30.4 Å².